The van der Waals surface area contributed by atoms with E-state index in [0.717, 1.165) is 51.0 Å². The van der Waals surface area contributed by atoms with E-state index in [0.29, 0.717) is 15.9 Å². The van der Waals surface area contributed by atoms with Crippen LogP contribution in [0.3, 0.4) is 0 Å². The van der Waals surface area contributed by atoms with E-state index in [1.165, 1.54) is 0 Å². The number of rotatable bonds is 11. The summed E-state index contributed by atoms with van der Waals surface area (Å²) in [5, 5.41) is 4.51. The van der Waals surface area contributed by atoms with Crippen molar-refractivity contribution in [3.63, 3.8) is 0 Å². The summed E-state index contributed by atoms with van der Waals surface area (Å²) in [6.45, 7) is 0.890. The highest BCUT2D eigenvalue weighted by Gasteiger charge is 2.14. The number of halogens is 5. The summed E-state index contributed by atoms with van der Waals surface area (Å²) in [5.74, 6) is 2.09. The number of nitrogens with one attached hydrogen (secondary N) is 1. The van der Waals surface area contributed by atoms with E-state index in [1.807, 2.05) is 92.0 Å². The Hall–Kier alpha value is -1.73. The zero-order valence-electron chi connectivity index (χ0n) is 21.4. The first-order valence-electron chi connectivity index (χ1n) is 12.4. The quantitative estimate of drug-likeness (QED) is 0.157. The Morgan fingerprint density at radius 3 is 1.49 bits per heavy atom. The molecule has 39 heavy (non-hydrogen) atoms. The molecule has 0 aromatic heterocycles. The van der Waals surface area contributed by atoms with E-state index < -0.39 is 0 Å². The molecule has 2 atom stereocenters. The molecule has 8 heteroatoms. The number of ether oxygens (including phenoxy) is 2. The molecule has 1 N–H and O–H groups in total. The van der Waals surface area contributed by atoms with E-state index in [9.17, 15) is 0 Å². The van der Waals surface area contributed by atoms with Crippen LogP contribution in [0.25, 0.3) is 0 Å². The van der Waals surface area contributed by atoms with Crippen molar-refractivity contribution in [3.05, 3.63) is 127 Å². The van der Waals surface area contributed by atoms with Gasteiger partial charge in [0, 0.05) is 37.7 Å². The fraction of sp³-hybridized carbons (Fsp3) is 0.226. The predicted molar refractivity (Wildman–Crippen MR) is 172 cm³/mol. The number of alkyl halides is 1. The highest BCUT2D eigenvalue weighted by molar-refractivity contribution is 9.10. The van der Waals surface area contributed by atoms with E-state index >= 15 is 0 Å². The third-order valence-corrected chi connectivity index (χ3v) is 7.41. The van der Waals surface area contributed by atoms with Crippen molar-refractivity contribution < 1.29 is 9.47 Å². The molecule has 2 unspecified atom stereocenters. The summed E-state index contributed by atoms with van der Waals surface area (Å²) in [4.78, 5) is 0. The maximum absolute atomic E-state index is 6.08. The van der Waals surface area contributed by atoms with Gasteiger partial charge in [-0.05, 0) is 85.4 Å². The van der Waals surface area contributed by atoms with Gasteiger partial charge in [-0.3, -0.25) is 0 Å². The third-order valence-electron chi connectivity index (χ3n) is 5.66. The Kier molecular flexibility index (Phi) is 14.0. The van der Waals surface area contributed by atoms with Gasteiger partial charge in [-0.2, -0.15) is 0 Å². The summed E-state index contributed by atoms with van der Waals surface area (Å²) in [5.41, 5.74) is 2.26. The lowest BCUT2D eigenvalue weighted by atomic mass is 10.1. The molecule has 0 saturated heterocycles. The maximum atomic E-state index is 6.08. The second kappa shape index (κ2) is 17.2. The van der Waals surface area contributed by atoms with Crippen molar-refractivity contribution in [2.75, 3.05) is 19.5 Å². The van der Waals surface area contributed by atoms with Gasteiger partial charge in [-0.1, -0.05) is 91.5 Å². The summed E-state index contributed by atoms with van der Waals surface area (Å²) in [6, 6.07) is 31.2. The minimum Gasteiger partial charge on any atom is -0.486 e. The molecule has 0 aliphatic carbocycles. The van der Waals surface area contributed by atoms with E-state index in [2.05, 4.69) is 49.3 Å². The topological polar surface area (TPSA) is 30.5 Å². The summed E-state index contributed by atoms with van der Waals surface area (Å²) in [6.07, 6.45) is 1.58. The molecule has 0 bridgehead atoms. The van der Waals surface area contributed by atoms with Crippen LogP contribution >= 0.6 is 66.7 Å². The largest absolute Gasteiger partial charge is 0.486 e. The van der Waals surface area contributed by atoms with Gasteiger partial charge in [0.25, 0.3) is 0 Å². The molecule has 0 radical (unpaired) electrons. The van der Waals surface area contributed by atoms with Crippen molar-refractivity contribution in [3.8, 4) is 11.5 Å². The summed E-state index contributed by atoms with van der Waals surface area (Å²) in [7, 11) is 1.94. The van der Waals surface area contributed by atoms with Crippen LogP contribution in [0.15, 0.2) is 106 Å². The standard InChI is InChI=1S/C16H17BrClNO.C15H13BrCl2O/c1-19-10-9-16(12-5-7-13(17)8-6-12)20-15-4-2-3-14(18)11-15;16-12-6-4-11(5-7-12)15(8-9-17)19-14-3-1-2-13(18)10-14/h2-8,11,16,19H,9-10H2,1H3;1-7,10,15H,8-9H2. The van der Waals surface area contributed by atoms with Gasteiger partial charge in [-0.15, -0.1) is 11.6 Å². The lowest BCUT2D eigenvalue weighted by molar-refractivity contribution is 0.195. The molecule has 4 aromatic rings. The van der Waals surface area contributed by atoms with Crippen molar-refractivity contribution >= 4 is 66.7 Å². The van der Waals surface area contributed by atoms with E-state index in [-0.39, 0.29) is 12.2 Å². The van der Waals surface area contributed by atoms with Crippen LogP contribution in [0.5, 0.6) is 11.5 Å². The minimum atomic E-state index is -0.0657. The van der Waals surface area contributed by atoms with Gasteiger partial charge < -0.3 is 14.8 Å². The Morgan fingerprint density at radius 1 is 0.667 bits per heavy atom. The van der Waals surface area contributed by atoms with Crippen LogP contribution in [-0.2, 0) is 0 Å². The van der Waals surface area contributed by atoms with Crippen LogP contribution in [0, 0.1) is 0 Å². The van der Waals surface area contributed by atoms with Crippen molar-refractivity contribution in [2.45, 2.75) is 25.0 Å². The van der Waals surface area contributed by atoms with Gasteiger partial charge >= 0.3 is 0 Å². The van der Waals surface area contributed by atoms with Gasteiger partial charge in [-0.25, -0.2) is 0 Å². The van der Waals surface area contributed by atoms with Crippen LogP contribution < -0.4 is 14.8 Å². The van der Waals surface area contributed by atoms with Gasteiger partial charge in [0.05, 0.1) is 0 Å². The van der Waals surface area contributed by atoms with Crippen LogP contribution in [0.2, 0.25) is 10.0 Å². The van der Waals surface area contributed by atoms with Crippen molar-refractivity contribution in [1.29, 1.82) is 0 Å². The molecule has 0 saturated carbocycles. The van der Waals surface area contributed by atoms with Crippen LogP contribution in [0.4, 0.5) is 0 Å². The molecule has 206 valence electrons. The predicted octanol–water partition coefficient (Wildman–Crippen LogP) is 10.7. The van der Waals surface area contributed by atoms with Crippen LogP contribution in [-0.4, -0.2) is 19.5 Å². The van der Waals surface area contributed by atoms with Crippen molar-refractivity contribution in [2.24, 2.45) is 0 Å². The average molecular weight is 715 g/mol. The Morgan fingerprint density at radius 2 is 1.10 bits per heavy atom. The zero-order chi connectivity index (χ0) is 28.0. The second-order valence-electron chi connectivity index (χ2n) is 8.60. The first kappa shape index (κ1) is 31.8. The molecule has 4 rings (SSSR count). The summed E-state index contributed by atoms with van der Waals surface area (Å²) < 4.78 is 14.2. The normalized spacial score (nSPS) is 12.2. The molecular weight excluding hydrogens is 685 g/mol. The lowest BCUT2D eigenvalue weighted by Crippen LogP contribution is -2.16. The fourth-order valence-electron chi connectivity index (χ4n) is 3.73. The molecule has 3 nitrogen and oxygen atoms in total. The monoisotopic (exact) mass is 711 g/mol. The summed E-state index contributed by atoms with van der Waals surface area (Å²) >= 11 is 24.7. The molecule has 0 aliphatic heterocycles. The molecule has 0 amide bonds. The van der Waals surface area contributed by atoms with E-state index in [1.54, 1.807) is 0 Å². The molecule has 0 spiro atoms. The first-order valence-corrected chi connectivity index (χ1v) is 15.3. The average Bonchev–Trinajstić information content (AvgIpc) is 2.92. The smallest absolute Gasteiger partial charge is 0.125 e. The highest BCUT2D eigenvalue weighted by atomic mass is 79.9. The molecule has 0 aliphatic rings. The molecule has 0 fully saturated rings. The first-order chi connectivity index (χ1) is 18.9. The zero-order valence-corrected chi connectivity index (χ0v) is 26.9. The van der Waals surface area contributed by atoms with E-state index in [4.69, 9.17) is 44.3 Å². The van der Waals surface area contributed by atoms with Gasteiger partial charge in [0.15, 0.2) is 0 Å². The van der Waals surface area contributed by atoms with Crippen LogP contribution in [0.1, 0.15) is 36.2 Å². The maximum Gasteiger partial charge on any atom is 0.125 e. The Labute approximate surface area is 263 Å². The lowest BCUT2D eigenvalue weighted by Gasteiger charge is -2.20. The number of hydrogen-bond donors (Lipinski definition) is 1. The number of hydrogen-bond acceptors (Lipinski definition) is 3. The molecule has 4 aromatic carbocycles. The number of benzene rings is 4. The minimum absolute atomic E-state index is 0.00835. The fourth-order valence-corrected chi connectivity index (χ4v) is 4.81. The second-order valence-corrected chi connectivity index (χ2v) is 11.7. The van der Waals surface area contributed by atoms with Gasteiger partial charge in [0.2, 0.25) is 0 Å². The third kappa shape index (κ3) is 11.3. The SMILES string of the molecule is CNCCC(Oc1cccc(Cl)c1)c1ccc(Br)cc1.ClCCC(Oc1cccc(Cl)c1)c1ccc(Br)cc1. The highest BCUT2D eigenvalue weighted by Crippen LogP contribution is 2.29. The van der Waals surface area contributed by atoms with Gasteiger partial charge in [0.1, 0.15) is 23.7 Å². The van der Waals surface area contributed by atoms with Crippen molar-refractivity contribution in [1.82, 2.24) is 5.32 Å². The molecule has 0 heterocycles. The molecular formula is C31H30Br2Cl3NO2. The Bertz CT molecular complexity index is 1270. The Balaban J connectivity index is 0.000000216.